The first-order valence-electron chi connectivity index (χ1n) is 5.07. The van der Waals surface area contributed by atoms with Crippen LogP contribution in [0.3, 0.4) is 0 Å². The lowest BCUT2D eigenvalue weighted by Gasteiger charge is -2.05. The molecule has 0 spiro atoms. The molecule has 0 aliphatic rings. The Labute approximate surface area is 98.8 Å². The monoisotopic (exact) mass is 234 g/mol. The number of hydrogen-bond acceptors (Lipinski definition) is 5. The van der Waals surface area contributed by atoms with Crippen molar-refractivity contribution in [1.29, 1.82) is 0 Å². The molecule has 2 aromatic rings. The summed E-state index contributed by atoms with van der Waals surface area (Å²) in [6.07, 6.45) is 1.77. The van der Waals surface area contributed by atoms with Crippen molar-refractivity contribution in [1.82, 2.24) is 15.3 Å². The number of nitrogens with zero attached hydrogens (tertiary/aromatic N) is 2. The van der Waals surface area contributed by atoms with Crippen molar-refractivity contribution in [3.63, 3.8) is 0 Å². The molecule has 84 valence electrons. The van der Waals surface area contributed by atoms with E-state index in [-0.39, 0.29) is 0 Å². The summed E-state index contributed by atoms with van der Waals surface area (Å²) < 4.78 is 0. The lowest BCUT2D eigenvalue weighted by molar-refractivity contribution is 0.759. The summed E-state index contributed by atoms with van der Waals surface area (Å²) in [7, 11) is 1.88. The Morgan fingerprint density at radius 2 is 2.25 bits per heavy atom. The number of rotatable bonds is 4. The molecule has 0 fully saturated rings. The van der Waals surface area contributed by atoms with E-state index < -0.39 is 0 Å². The number of aryl methyl sites for hydroxylation is 1. The van der Waals surface area contributed by atoms with Gasteiger partial charge in [0, 0.05) is 6.20 Å². The Bertz CT molecular complexity index is 467. The van der Waals surface area contributed by atoms with Gasteiger partial charge in [-0.25, -0.2) is 9.97 Å². The zero-order valence-electron chi connectivity index (χ0n) is 9.32. The second kappa shape index (κ2) is 5.05. The second-order valence-electron chi connectivity index (χ2n) is 3.45. The van der Waals surface area contributed by atoms with Crippen LogP contribution in [-0.2, 0) is 6.54 Å². The molecule has 0 aliphatic carbocycles. The molecule has 0 radical (unpaired) electrons. The van der Waals surface area contributed by atoms with Crippen LogP contribution in [0.25, 0.3) is 0 Å². The van der Waals surface area contributed by atoms with Gasteiger partial charge in [0.15, 0.2) is 0 Å². The van der Waals surface area contributed by atoms with Crippen LogP contribution in [0.5, 0.6) is 0 Å². The molecule has 0 atom stereocenters. The third-order valence-electron chi connectivity index (χ3n) is 2.14. The van der Waals surface area contributed by atoms with Crippen LogP contribution in [0.4, 0.5) is 10.8 Å². The molecule has 2 N–H and O–H groups in total. The fourth-order valence-electron chi connectivity index (χ4n) is 1.33. The summed E-state index contributed by atoms with van der Waals surface area (Å²) in [4.78, 5) is 8.57. The summed E-state index contributed by atoms with van der Waals surface area (Å²) in [6.45, 7) is 2.76. The van der Waals surface area contributed by atoms with E-state index in [2.05, 4.69) is 39.0 Å². The van der Waals surface area contributed by atoms with Crippen LogP contribution in [0.2, 0.25) is 0 Å². The molecule has 0 saturated carbocycles. The maximum Gasteiger partial charge on any atom is 0.144 e. The molecule has 0 unspecified atom stereocenters. The average Bonchev–Trinajstić information content (AvgIpc) is 2.66. The molecular formula is C11H14N4S. The highest BCUT2D eigenvalue weighted by atomic mass is 32.1. The van der Waals surface area contributed by atoms with Gasteiger partial charge in [-0.2, -0.15) is 0 Å². The van der Waals surface area contributed by atoms with Crippen molar-refractivity contribution in [3.05, 3.63) is 35.1 Å². The van der Waals surface area contributed by atoms with E-state index in [1.807, 2.05) is 13.1 Å². The molecule has 0 aromatic carbocycles. The standard InChI is InChI=1S/C11H14N4S/c1-8-4-6-16-11(8)15-9-3-5-13-10(14-9)7-12-2/h3-6,12H,7H2,1-2H3,(H,13,14,15). The molecule has 2 rings (SSSR count). The minimum absolute atomic E-state index is 0.680. The molecule has 0 saturated heterocycles. The fourth-order valence-corrected chi connectivity index (χ4v) is 2.15. The minimum atomic E-state index is 0.680. The topological polar surface area (TPSA) is 49.8 Å². The van der Waals surface area contributed by atoms with Crippen molar-refractivity contribution < 1.29 is 0 Å². The quantitative estimate of drug-likeness (QED) is 0.852. The number of nitrogens with one attached hydrogen (secondary N) is 2. The first-order chi connectivity index (χ1) is 7.79. The van der Waals surface area contributed by atoms with Crippen molar-refractivity contribution >= 4 is 22.2 Å². The molecule has 0 amide bonds. The Morgan fingerprint density at radius 1 is 1.38 bits per heavy atom. The Hall–Kier alpha value is -1.46. The Balaban J connectivity index is 2.15. The molecule has 16 heavy (non-hydrogen) atoms. The maximum absolute atomic E-state index is 4.40. The first kappa shape index (κ1) is 11.0. The Morgan fingerprint density at radius 3 is 2.94 bits per heavy atom. The average molecular weight is 234 g/mol. The van der Waals surface area contributed by atoms with Gasteiger partial charge >= 0.3 is 0 Å². The molecular weight excluding hydrogens is 220 g/mol. The molecule has 2 heterocycles. The van der Waals surface area contributed by atoms with Gasteiger partial charge in [0.1, 0.15) is 11.6 Å². The number of anilines is 2. The third-order valence-corrected chi connectivity index (χ3v) is 3.08. The highest BCUT2D eigenvalue weighted by molar-refractivity contribution is 7.14. The van der Waals surface area contributed by atoms with Gasteiger partial charge in [-0.15, -0.1) is 11.3 Å². The highest BCUT2D eigenvalue weighted by Crippen LogP contribution is 2.24. The summed E-state index contributed by atoms with van der Waals surface area (Å²) in [5, 5.41) is 9.52. The smallest absolute Gasteiger partial charge is 0.144 e. The predicted molar refractivity (Wildman–Crippen MR) is 67.1 cm³/mol. The van der Waals surface area contributed by atoms with Crippen molar-refractivity contribution in [2.45, 2.75) is 13.5 Å². The minimum Gasteiger partial charge on any atom is -0.332 e. The molecule has 0 bridgehead atoms. The van der Waals surface area contributed by atoms with Gasteiger partial charge in [0.2, 0.25) is 0 Å². The molecule has 0 aliphatic heterocycles. The zero-order chi connectivity index (χ0) is 11.4. The van der Waals surface area contributed by atoms with E-state index >= 15 is 0 Å². The van der Waals surface area contributed by atoms with Crippen molar-refractivity contribution in [3.8, 4) is 0 Å². The molecule has 2 aromatic heterocycles. The Kier molecular flexibility index (Phi) is 3.48. The van der Waals surface area contributed by atoms with E-state index in [1.165, 1.54) is 5.56 Å². The van der Waals surface area contributed by atoms with Crippen LogP contribution >= 0.6 is 11.3 Å². The lowest BCUT2D eigenvalue weighted by atomic mass is 10.3. The number of aromatic nitrogens is 2. The van der Waals surface area contributed by atoms with Gasteiger partial charge in [-0.05, 0) is 37.0 Å². The van der Waals surface area contributed by atoms with E-state index in [9.17, 15) is 0 Å². The summed E-state index contributed by atoms with van der Waals surface area (Å²) in [5.41, 5.74) is 1.23. The molecule has 5 heteroatoms. The van der Waals surface area contributed by atoms with E-state index in [4.69, 9.17) is 0 Å². The van der Waals surface area contributed by atoms with E-state index in [0.717, 1.165) is 16.6 Å². The lowest BCUT2D eigenvalue weighted by Crippen LogP contribution is -2.09. The maximum atomic E-state index is 4.40. The van der Waals surface area contributed by atoms with Crippen LogP contribution in [0.15, 0.2) is 23.7 Å². The van der Waals surface area contributed by atoms with Gasteiger partial charge in [0.25, 0.3) is 0 Å². The van der Waals surface area contributed by atoms with Crippen LogP contribution in [-0.4, -0.2) is 17.0 Å². The van der Waals surface area contributed by atoms with Gasteiger partial charge in [-0.1, -0.05) is 0 Å². The van der Waals surface area contributed by atoms with Crippen molar-refractivity contribution in [2.24, 2.45) is 0 Å². The normalized spacial score (nSPS) is 10.4. The van der Waals surface area contributed by atoms with E-state index in [1.54, 1.807) is 17.5 Å². The van der Waals surface area contributed by atoms with Crippen LogP contribution < -0.4 is 10.6 Å². The largest absolute Gasteiger partial charge is 0.332 e. The molecule has 4 nitrogen and oxygen atoms in total. The summed E-state index contributed by atoms with van der Waals surface area (Å²) in [5.74, 6) is 1.63. The highest BCUT2D eigenvalue weighted by Gasteiger charge is 2.02. The van der Waals surface area contributed by atoms with Gasteiger partial charge in [0.05, 0.1) is 11.5 Å². The van der Waals surface area contributed by atoms with Gasteiger partial charge in [-0.3, -0.25) is 0 Å². The van der Waals surface area contributed by atoms with Gasteiger partial charge < -0.3 is 10.6 Å². The van der Waals surface area contributed by atoms with Crippen LogP contribution in [0.1, 0.15) is 11.4 Å². The second-order valence-corrected chi connectivity index (χ2v) is 4.36. The van der Waals surface area contributed by atoms with E-state index in [0.29, 0.717) is 6.54 Å². The first-order valence-corrected chi connectivity index (χ1v) is 5.95. The van der Waals surface area contributed by atoms with Crippen molar-refractivity contribution in [2.75, 3.05) is 12.4 Å². The number of thiophene rings is 1. The zero-order valence-corrected chi connectivity index (χ0v) is 10.1. The van der Waals surface area contributed by atoms with Crippen LogP contribution in [0, 0.1) is 6.92 Å². The number of hydrogen-bond donors (Lipinski definition) is 2. The SMILES string of the molecule is CNCc1nccc(Nc2sccc2C)n1. The predicted octanol–water partition coefficient (Wildman–Crippen LogP) is 2.31. The third kappa shape index (κ3) is 2.56. The fraction of sp³-hybridized carbons (Fsp3) is 0.273. The summed E-state index contributed by atoms with van der Waals surface area (Å²) in [6, 6.07) is 3.96. The summed E-state index contributed by atoms with van der Waals surface area (Å²) >= 11 is 1.68.